The zero-order valence-corrected chi connectivity index (χ0v) is 16.1. The fourth-order valence-electron chi connectivity index (χ4n) is 3.58. The average Bonchev–Trinajstić information content (AvgIpc) is 3.31. The number of carbonyl (C=O) groups is 2. The molecule has 6 nitrogen and oxygen atoms in total. The van der Waals surface area contributed by atoms with E-state index >= 15 is 0 Å². The van der Waals surface area contributed by atoms with Crippen molar-refractivity contribution in [3.63, 3.8) is 0 Å². The highest BCUT2D eigenvalue weighted by Crippen LogP contribution is 2.36. The van der Waals surface area contributed by atoms with Gasteiger partial charge in [0.15, 0.2) is 0 Å². The molecule has 0 saturated heterocycles. The summed E-state index contributed by atoms with van der Waals surface area (Å²) in [5.41, 5.74) is 2.27. The first-order chi connectivity index (χ1) is 13.1. The zero-order valence-electron chi connectivity index (χ0n) is 15.3. The van der Waals surface area contributed by atoms with Gasteiger partial charge in [-0.2, -0.15) is 0 Å². The molecule has 0 fully saturated rings. The SMILES string of the molecule is COc1cccc(C2NC(=O)N(C)C3=C2C(=O)N(CCc2cccs2)C3)c1. The van der Waals surface area contributed by atoms with Gasteiger partial charge >= 0.3 is 6.03 Å². The number of nitrogens with one attached hydrogen (secondary N) is 1. The maximum Gasteiger partial charge on any atom is 0.322 e. The van der Waals surface area contributed by atoms with Crippen molar-refractivity contribution in [1.82, 2.24) is 15.1 Å². The Morgan fingerprint density at radius 1 is 1.26 bits per heavy atom. The van der Waals surface area contributed by atoms with Gasteiger partial charge < -0.3 is 15.0 Å². The van der Waals surface area contributed by atoms with Crippen molar-refractivity contribution >= 4 is 23.3 Å². The van der Waals surface area contributed by atoms with E-state index < -0.39 is 6.04 Å². The molecular weight excluding hydrogens is 362 g/mol. The average molecular weight is 383 g/mol. The van der Waals surface area contributed by atoms with Gasteiger partial charge in [0.1, 0.15) is 5.75 Å². The summed E-state index contributed by atoms with van der Waals surface area (Å²) in [4.78, 5) is 30.2. The predicted molar refractivity (Wildman–Crippen MR) is 104 cm³/mol. The van der Waals surface area contributed by atoms with Crippen molar-refractivity contribution in [3.05, 3.63) is 63.5 Å². The third kappa shape index (κ3) is 3.19. The summed E-state index contributed by atoms with van der Waals surface area (Å²) < 4.78 is 5.30. The van der Waals surface area contributed by atoms with Crippen LogP contribution < -0.4 is 10.1 Å². The van der Waals surface area contributed by atoms with Gasteiger partial charge in [-0.25, -0.2) is 4.79 Å². The van der Waals surface area contributed by atoms with Crippen LogP contribution in [0.4, 0.5) is 4.79 Å². The largest absolute Gasteiger partial charge is 0.497 e. The summed E-state index contributed by atoms with van der Waals surface area (Å²) in [5, 5.41) is 5.00. The summed E-state index contributed by atoms with van der Waals surface area (Å²) in [5.74, 6) is 0.684. The number of thiophene rings is 1. The quantitative estimate of drug-likeness (QED) is 0.864. The van der Waals surface area contributed by atoms with Crippen LogP contribution in [-0.2, 0) is 11.2 Å². The predicted octanol–water partition coefficient (Wildman–Crippen LogP) is 2.79. The Morgan fingerprint density at radius 3 is 2.85 bits per heavy atom. The van der Waals surface area contributed by atoms with Crippen LogP contribution in [0.1, 0.15) is 16.5 Å². The number of hydrogen-bond acceptors (Lipinski definition) is 4. The van der Waals surface area contributed by atoms with Gasteiger partial charge in [0.25, 0.3) is 5.91 Å². The van der Waals surface area contributed by atoms with E-state index in [1.165, 1.54) is 4.88 Å². The molecule has 27 heavy (non-hydrogen) atoms. The molecule has 2 aromatic rings. The van der Waals surface area contributed by atoms with E-state index in [-0.39, 0.29) is 11.9 Å². The highest BCUT2D eigenvalue weighted by atomic mass is 32.1. The van der Waals surface area contributed by atoms with Gasteiger partial charge in [0.05, 0.1) is 31.0 Å². The third-order valence-corrected chi connectivity index (χ3v) is 6.01. The molecule has 140 valence electrons. The molecule has 0 radical (unpaired) electrons. The highest BCUT2D eigenvalue weighted by Gasteiger charge is 2.42. The second-order valence-corrected chi connectivity index (χ2v) is 7.67. The number of rotatable bonds is 5. The monoisotopic (exact) mass is 383 g/mol. The highest BCUT2D eigenvalue weighted by molar-refractivity contribution is 7.09. The molecule has 0 bridgehead atoms. The Hall–Kier alpha value is -2.80. The van der Waals surface area contributed by atoms with E-state index in [9.17, 15) is 9.59 Å². The molecule has 1 unspecified atom stereocenters. The minimum Gasteiger partial charge on any atom is -0.497 e. The van der Waals surface area contributed by atoms with Crippen LogP contribution in [0.25, 0.3) is 0 Å². The minimum atomic E-state index is -0.460. The van der Waals surface area contributed by atoms with Crippen molar-refractivity contribution in [2.45, 2.75) is 12.5 Å². The number of nitrogens with zero attached hydrogens (tertiary/aromatic N) is 2. The normalized spacial score (nSPS) is 19.4. The molecule has 2 aliphatic rings. The first-order valence-electron chi connectivity index (χ1n) is 8.81. The number of amides is 3. The second kappa shape index (κ2) is 7.08. The van der Waals surface area contributed by atoms with Crippen molar-refractivity contribution in [2.24, 2.45) is 0 Å². The molecule has 1 N–H and O–H groups in total. The summed E-state index contributed by atoms with van der Waals surface area (Å²) in [6, 6.07) is 10.9. The number of methoxy groups -OCH3 is 1. The van der Waals surface area contributed by atoms with Gasteiger partial charge in [0.2, 0.25) is 0 Å². The summed E-state index contributed by atoms with van der Waals surface area (Å²) >= 11 is 1.69. The lowest BCUT2D eigenvalue weighted by atomic mass is 9.95. The van der Waals surface area contributed by atoms with Gasteiger partial charge in [-0.3, -0.25) is 9.69 Å². The van der Waals surface area contributed by atoms with Crippen LogP contribution in [0.3, 0.4) is 0 Å². The first kappa shape index (κ1) is 17.6. The Bertz CT molecular complexity index is 907. The van der Waals surface area contributed by atoms with Crippen molar-refractivity contribution in [2.75, 3.05) is 27.2 Å². The molecule has 1 aromatic carbocycles. The maximum atomic E-state index is 13.2. The van der Waals surface area contributed by atoms with E-state index in [0.717, 1.165) is 17.7 Å². The Morgan fingerprint density at radius 2 is 2.11 bits per heavy atom. The van der Waals surface area contributed by atoms with E-state index in [2.05, 4.69) is 11.4 Å². The molecule has 0 aliphatic carbocycles. The maximum absolute atomic E-state index is 13.2. The summed E-state index contributed by atoms with van der Waals surface area (Å²) in [6.07, 6.45) is 0.818. The molecule has 0 spiro atoms. The van der Waals surface area contributed by atoms with Crippen molar-refractivity contribution < 1.29 is 14.3 Å². The molecule has 0 saturated carbocycles. The summed E-state index contributed by atoms with van der Waals surface area (Å²) in [6.45, 7) is 1.10. The topological polar surface area (TPSA) is 61.9 Å². The number of carbonyl (C=O) groups excluding carboxylic acids is 2. The lowest BCUT2D eigenvalue weighted by molar-refractivity contribution is -0.125. The van der Waals surface area contributed by atoms with Crippen molar-refractivity contribution in [1.29, 1.82) is 0 Å². The van der Waals surface area contributed by atoms with Gasteiger partial charge in [-0.05, 0) is 35.6 Å². The van der Waals surface area contributed by atoms with Crippen LogP contribution in [0.15, 0.2) is 53.0 Å². The minimum absolute atomic E-state index is 0.0128. The second-order valence-electron chi connectivity index (χ2n) is 6.63. The molecular formula is C20H21N3O3S. The zero-order chi connectivity index (χ0) is 19.0. The fourth-order valence-corrected chi connectivity index (χ4v) is 4.27. The lowest BCUT2D eigenvalue weighted by Gasteiger charge is -2.31. The number of benzene rings is 1. The van der Waals surface area contributed by atoms with Crippen LogP contribution in [-0.4, -0.2) is 49.0 Å². The van der Waals surface area contributed by atoms with Crippen LogP contribution >= 0.6 is 11.3 Å². The van der Waals surface area contributed by atoms with Gasteiger partial charge in [0, 0.05) is 18.5 Å². The van der Waals surface area contributed by atoms with Gasteiger partial charge in [-0.15, -0.1) is 11.3 Å². The Balaban J connectivity index is 1.62. The first-order valence-corrected chi connectivity index (χ1v) is 9.69. The fraction of sp³-hybridized carbons (Fsp3) is 0.300. The molecule has 1 aromatic heterocycles. The lowest BCUT2D eigenvalue weighted by Crippen LogP contribution is -2.45. The van der Waals surface area contributed by atoms with E-state index in [0.29, 0.717) is 24.4 Å². The van der Waals surface area contributed by atoms with E-state index in [1.54, 1.807) is 30.4 Å². The van der Waals surface area contributed by atoms with Gasteiger partial charge in [-0.1, -0.05) is 18.2 Å². The number of likely N-dealkylation sites (N-methyl/N-ethyl adjacent to an activating group) is 1. The van der Waals surface area contributed by atoms with Crippen LogP contribution in [0.5, 0.6) is 5.75 Å². The number of hydrogen-bond donors (Lipinski definition) is 1. The van der Waals surface area contributed by atoms with Crippen molar-refractivity contribution in [3.8, 4) is 5.75 Å². The third-order valence-electron chi connectivity index (χ3n) is 5.07. The smallest absolute Gasteiger partial charge is 0.322 e. The van der Waals surface area contributed by atoms with Crippen LogP contribution in [0, 0.1) is 0 Å². The molecule has 4 rings (SSSR count). The van der Waals surface area contributed by atoms with E-state index in [4.69, 9.17) is 4.74 Å². The molecule has 7 heteroatoms. The standard InChI is InChI=1S/C20H21N3O3S/c1-22-16-12-23(9-8-15-7-4-10-27-15)19(24)17(16)18(21-20(22)25)13-5-3-6-14(11-13)26-2/h3-7,10-11,18H,8-9,12H2,1-2H3,(H,21,25). The number of ether oxygens (including phenoxy) is 1. The summed E-state index contributed by atoms with van der Waals surface area (Å²) in [7, 11) is 3.31. The Labute approximate surface area is 162 Å². The van der Waals surface area contributed by atoms with Crippen LogP contribution in [0.2, 0.25) is 0 Å². The van der Waals surface area contributed by atoms with E-state index in [1.807, 2.05) is 40.6 Å². The molecule has 1 atom stereocenters. The molecule has 3 amide bonds. The number of urea groups is 1. The Kier molecular flexibility index (Phi) is 4.61. The molecule has 2 aliphatic heterocycles. The molecule has 3 heterocycles.